The standard InChI is InChI=1S/C20H26N2O7/c1-16(23)21-17-2-4-18(5-3-17)29-15-14-28-13-12-27-11-10-26-9-8-22-19(24)6-7-20(22)25/h2-7H,8-15H2,1H3,(H,21,23). The molecule has 0 atom stereocenters. The molecule has 0 unspecified atom stereocenters. The molecule has 0 aliphatic carbocycles. The van der Waals surface area contributed by atoms with Crippen molar-refractivity contribution in [1.82, 2.24) is 4.90 Å². The van der Waals surface area contributed by atoms with Crippen LogP contribution in [0.4, 0.5) is 5.69 Å². The van der Waals surface area contributed by atoms with Crippen LogP contribution in [-0.4, -0.2) is 75.4 Å². The van der Waals surface area contributed by atoms with Crippen molar-refractivity contribution in [2.45, 2.75) is 6.92 Å². The van der Waals surface area contributed by atoms with Crippen LogP contribution >= 0.6 is 0 Å². The Hall–Kier alpha value is -2.75. The molecule has 1 aromatic rings. The van der Waals surface area contributed by atoms with Crippen molar-refractivity contribution in [3.8, 4) is 5.75 Å². The molecule has 1 heterocycles. The van der Waals surface area contributed by atoms with Crippen molar-refractivity contribution in [2.24, 2.45) is 0 Å². The molecule has 0 spiro atoms. The molecule has 9 heteroatoms. The number of nitrogens with one attached hydrogen (secondary N) is 1. The minimum absolute atomic E-state index is 0.117. The smallest absolute Gasteiger partial charge is 0.253 e. The van der Waals surface area contributed by atoms with Gasteiger partial charge in [0.1, 0.15) is 12.4 Å². The molecule has 2 rings (SSSR count). The first-order valence-corrected chi connectivity index (χ1v) is 9.33. The number of rotatable bonds is 14. The highest BCUT2D eigenvalue weighted by Gasteiger charge is 2.22. The van der Waals surface area contributed by atoms with E-state index in [2.05, 4.69) is 5.32 Å². The van der Waals surface area contributed by atoms with Crippen LogP contribution in [0.5, 0.6) is 5.75 Å². The van der Waals surface area contributed by atoms with Crippen LogP contribution in [0.3, 0.4) is 0 Å². The number of nitrogens with zero attached hydrogens (tertiary/aromatic N) is 1. The lowest BCUT2D eigenvalue weighted by Crippen LogP contribution is -2.33. The Morgan fingerprint density at radius 1 is 0.828 bits per heavy atom. The summed E-state index contributed by atoms with van der Waals surface area (Å²) in [5.41, 5.74) is 0.720. The summed E-state index contributed by atoms with van der Waals surface area (Å²) in [6.45, 7) is 4.46. The second-order valence-corrected chi connectivity index (χ2v) is 6.05. The van der Waals surface area contributed by atoms with Gasteiger partial charge in [0.05, 0.1) is 46.2 Å². The van der Waals surface area contributed by atoms with E-state index in [1.165, 1.54) is 19.1 Å². The molecule has 3 amide bonds. The van der Waals surface area contributed by atoms with Crippen molar-refractivity contribution >= 4 is 23.4 Å². The molecule has 1 N–H and O–H groups in total. The third-order valence-corrected chi connectivity index (χ3v) is 3.77. The molecule has 0 saturated heterocycles. The second-order valence-electron chi connectivity index (χ2n) is 6.05. The first-order valence-electron chi connectivity index (χ1n) is 9.33. The normalized spacial score (nSPS) is 13.2. The number of carbonyl (C=O) groups excluding carboxylic acids is 3. The van der Waals surface area contributed by atoms with Gasteiger partial charge in [0.15, 0.2) is 0 Å². The zero-order valence-electron chi connectivity index (χ0n) is 16.4. The van der Waals surface area contributed by atoms with E-state index < -0.39 is 0 Å². The maximum atomic E-state index is 11.3. The predicted octanol–water partition coefficient (Wildman–Crippen LogP) is 0.999. The average Bonchev–Trinajstić information content (AvgIpc) is 3.01. The van der Waals surface area contributed by atoms with Crippen LogP contribution in [0.1, 0.15) is 6.92 Å². The Bertz CT molecular complexity index is 685. The molecule has 0 saturated carbocycles. The van der Waals surface area contributed by atoms with E-state index in [1.54, 1.807) is 24.3 Å². The van der Waals surface area contributed by atoms with Gasteiger partial charge in [-0.25, -0.2) is 0 Å². The number of benzene rings is 1. The minimum Gasteiger partial charge on any atom is -0.491 e. The maximum absolute atomic E-state index is 11.3. The maximum Gasteiger partial charge on any atom is 0.253 e. The molecule has 1 aliphatic rings. The highest BCUT2D eigenvalue weighted by atomic mass is 16.6. The van der Waals surface area contributed by atoms with Gasteiger partial charge in [-0.1, -0.05) is 0 Å². The van der Waals surface area contributed by atoms with E-state index in [4.69, 9.17) is 18.9 Å². The van der Waals surface area contributed by atoms with Gasteiger partial charge in [-0.05, 0) is 24.3 Å². The number of carbonyl (C=O) groups is 3. The average molecular weight is 406 g/mol. The van der Waals surface area contributed by atoms with E-state index in [0.29, 0.717) is 45.4 Å². The van der Waals surface area contributed by atoms with Crippen LogP contribution in [0.15, 0.2) is 36.4 Å². The lowest BCUT2D eigenvalue weighted by atomic mass is 10.3. The van der Waals surface area contributed by atoms with Crippen LogP contribution < -0.4 is 10.1 Å². The van der Waals surface area contributed by atoms with E-state index >= 15 is 0 Å². The van der Waals surface area contributed by atoms with Gasteiger partial charge in [-0.2, -0.15) is 0 Å². The summed E-state index contributed by atoms with van der Waals surface area (Å²) >= 11 is 0. The van der Waals surface area contributed by atoms with Crippen molar-refractivity contribution in [2.75, 3.05) is 58.1 Å². The monoisotopic (exact) mass is 406 g/mol. The number of imide groups is 1. The lowest BCUT2D eigenvalue weighted by molar-refractivity contribution is -0.137. The fourth-order valence-corrected chi connectivity index (χ4v) is 2.41. The zero-order chi connectivity index (χ0) is 20.9. The Morgan fingerprint density at radius 2 is 1.34 bits per heavy atom. The highest BCUT2D eigenvalue weighted by molar-refractivity contribution is 6.12. The molecule has 29 heavy (non-hydrogen) atoms. The van der Waals surface area contributed by atoms with E-state index in [9.17, 15) is 14.4 Å². The molecular weight excluding hydrogens is 380 g/mol. The first kappa shape index (κ1) is 22.5. The Balaban J connectivity index is 1.37. The fraction of sp³-hybridized carbons (Fsp3) is 0.450. The summed E-state index contributed by atoms with van der Waals surface area (Å²) < 4.78 is 21.7. The molecule has 0 radical (unpaired) electrons. The minimum atomic E-state index is -0.307. The van der Waals surface area contributed by atoms with Gasteiger partial charge in [0, 0.05) is 24.8 Å². The van der Waals surface area contributed by atoms with Crippen molar-refractivity contribution in [1.29, 1.82) is 0 Å². The molecular formula is C20H26N2O7. The van der Waals surface area contributed by atoms with Gasteiger partial charge in [0.25, 0.3) is 11.8 Å². The third-order valence-electron chi connectivity index (χ3n) is 3.77. The topological polar surface area (TPSA) is 103 Å². The number of amides is 3. The van der Waals surface area contributed by atoms with Crippen molar-refractivity contribution < 1.29 is 33.3 Å². The summed E-state index contributed by atoms with van der Waals surface area (Å²) in [6.07, 6.45) is 2.50. The Kier molecular flexibility index (Phi) is 9.84. The third kappa shape index (κ3) is 8.86. The molecule has 0 bridgehead atoms. The fourth-order valence-electron chi connectivity index (χ4n) is 2.41. The first-order chi connectivity index (χ1) is 14.1. The van der Waals surface area contributed by atoms with Crippen LogP contribution in [0, 0.1) is 0 Å². The Labute approximate surface area is 169 Å². The van der Waals surface area contributed by atoms with Crippen LogP contribution in [0.25, 0.3) is 0 Å². The van der Waals surface area contributed by atoms with Crippen LogP contribution in [-0.2, 0) is 28.6 Å². The van der Waals surface area contributed by atoms with Crippen molar-refractivity contribution in [3.63, 3.8) is 0 Å². The van der Waals surface area contributed by atoms with E-state index in [1.807, 2.05) is 0 Å². The number of anilines is 1. The van der Waals surface area contributed by atoms with Gasteiger partial charge < -0.3 is 24.3 Å². The summed E-state index contributed by atoms with van der Waals surface area (Å²) in [5, 5.41) is 2.69. The van der Waals surface area contributed by atoms with Crippen molar-refractivity contribution in [3.05, 3.63) is 36.4 Å². The molecule has 9 nitrogen and oxygen atoms in total. The quantitative estimate of drug-likeness (QED) is 0.363. The number of hydrogen-bond acceptors (Lipinski definition) is 7. The van der Waals surface area contributed by atoms with E-state index in [0.717, 1.165) is 10.6 Å². The summed E-state index contributed by atoms with van der Waals surface area (Å²) in [6, 6.07) is 7.09. The van der Waals surface area contributed by atoms with Gasteiger partial charge >= 0.3 is 0 Å². The van der Waals surface area contributed by atoms with Gasteiger partial charge in [0.2, 0.25) is 5.91 Å². The summed E-state index contributed by atoms with van der Waals surface area (Å²) in [7, 11) is 0. The SMILES string of the molecule is CC(=O)Nc1ccc(OCCOCCOCCOCCN2C(=O)C=CC2=O)cc1. The van der Waals surface area contributed by atoms with Crippen LogP contribution in [0.2, 0.25) is 0 Å². The lowest BCUT2D eigenvalue weighted by Gasteiger charge is -2.13. The number of ether oxygens (including phenoxy) is 4. The van der Waals surface area contributed by atoms with E-state index in [-0.39, 0.29) is 30.9 Å². The number of hydrogen-bond donors (Lipinski definition) is 1. The largest absolute Gasteiger partial charge is 0.491 e. The Morgan fingerprint density at radius 3 is 1.90 bits per heavy atom. The van der Waals surface area contributed by atoms with Gasteiger partial charge in [-0.15, -0.1) is 0 Å². The molecule has 158 valence electrons. The summed E-state index contributed by atoms with van der Waals surface area (Å²) in [5.74, 6) is -0.0337. The second kappa shape index (κ2) is 12.7. The highest BCUT2D eigenvalue weighted by Crippen LogP contribution is 2.15. The molecule has 0 aromatic heterocycles. The molecule has 1 aromatic carbocycles. The van der Waals surface area contributed by atoms with Gasteiger partial charge in [-0.3, -0.25) is 19.3 Å². The summed E-state index contributed by atoms with van der Waals surface area (Å²) in [4.78, 5) is 34.7. The molecule has 0 fully saturated rings. The molecule has 1 aliphatic heterocycles. The predicted molar refractivity (Wildman–Crippen MR) is 105 cm³/mol. The zero-order valence-corrected chi connectivity index (χ0v) is 16.4.